The Morgan fingerprint density at radius 3 is 1.93 bits per heavy atom. The first-order valence-corrected chi connectivity index (χ1v) is 10.0. The molecule has 28 heavy (non-hydrogen) atoms. The van der Waals surface area contributed by atoms with Crippen LogP contribution in [0.25, 0.3) is 5.57 Å². The minimum Gasteiger partial charge on any atom is -0.339 e. The molecular weight excluding hydrogens is 354 g/mol. The third-order valence-electron chi connectivity index (χ3n) is 5.61. The Kier molecular flexibility index (Phi) is 6.49. The van der Waals surface area contributed by atoms with E-state index in [-0.39, 0.29) is 30.6 Å². The molecule has 0 aromatic heterocycles. The topological polar surface area (TPSA) is 60.9 Å². The molecule has 0 spiro atoms. The summed E-state index contributed by atoms with van der Waals surface area (Å²) in [6.45, 7) is 7.19. The molecule has 3 rings (SSSR count). The van der Waals surface area contributed by atoms with Crippen LogP contribution < -0.4 is 0 Å². The summed E-state index contributed by atoms with van der Waals surface area (Å²) < 4.78 is 0. The van der Waals surface area contributed by atoms with Crippen LogP contribution >= 0.6 is 0 Å². The van der Waals surface area contributed by atoms with E-state index in [1.165, 1.54) is 16.7 Å². The smallest absolute Gasteiger partial charge is 0.223 e. The molecule has 0 N–H and O–H groups in total. The SMILES string of the molecule is CC(=O)N1CCN(C(=O)CCC(=O)N2CC=C(c3ccc(C)cc3)CC2)CC1. The van der Waals surface area contributed by atoms with Gasteiger partial charge in [0.2, 0.25) is 17.7 Å². The third kappa shape index (κ3) is 5.00. The number of amides is 3. The molecule has 6 heteroatoms. The Morgan fingerprint density at radius 1 is 0.821 bits per heavy atom. The van der Waals surface area contributed by atoms with E-state index in [0.29, 0.717) is 39.3 Å². The van der Waals surface area contributed by atoms with Gasteiger partial charge in [0.15, 0.2) is 0 Å². The summed E-state index contributed by atoms with van der Waals surface area (Å²) in [6.07, 6.45) is 3.45. The maximum absolute atomic E-state index is 12.5. The number of rotatable bonds is 4. The number of aryl methyl sites for hydroxylation is 1. The molecular formula is C22H29N3O3. The summed E-state index contributed by atoms with van der Waals surface area (Å²) in [5.74, 6) is 0.0878. The first kappa shape index (κ1) is 20.1. The van der Waals surface area contributed by atoms with Crippen LogP contribution in [-0.2, 0) is 14.4 Å². The monoisotopic (exact) mass is 383 g/mol. The van der Waals surface area contributed by atoms with E-state index in [0.717, 1.165) is 6.42 Å². The van der Waals surface area contributed by atoms with Gasteiger partial charge in [0, 0.05) is 59.0 Å². The van der Waals surface area contributed by atoms with Gasteiger partial charge in [-0.25, -0.2) is 0 Å². The zero-order valence-corrected chi connectivity index (χ0v) is 16.8. The lowest BCUT2D eigenvalue weighted by atomic mass is 9.98. The second-order valence-electron chi connectivity index (χ2n) is 7.57. The van der Waals surface area contributed by atoms with Crippen molar-refractivity contribution in [3.05, 3.63) is 41.5 Å². The highest BCUT2D eigenvalue weighted by molar-refractivity contribution is 5.84. The van der Waals surface area contributed by atoms with Crippen LogP contribution in [0.2, 0.25) is 0 Å². The molecule has 2 aliphatic heterocycles. The fourth-order valence-electron chi connectivity index (χ4n) is 3.73. The van der Waals surface area contributed by atoms with Gasteiger partial charge in [0.1, 0.15) is 0 Å². The fraction of sp³-hybridized carbons (Fsp3) is 0.500. The molecule has 0 aliphatic carbocycles. The predicted octanol–water partition coefficient (Wildman–Crippen LogP) is 2.08. The van der Waals surface area contributed by atoms with Gasteiger partial charge in [-0.1, -0.05) is 35.9 Å². The van der Waals surface area contributed by atoms with Crippen LogP contribution in [0.3, 0.4) is 0 Å². The Balaban J connectivity index is 1.44. The van der Waals surface area contributed by atoms with Gasteiger partial charge in [0.05, 0.1) is 0 Å². The van der Waals surface area contributed by atoms with Crippen molar-refractivity contribution < 1.29 is 14.4 Å². The third-order valence-corrected chi connectivity index (χ3v) is 5.61. The van der Waals surface area contributed by atoms with Crippen molar-refractivity contribution in [3.63, 3.8) is 0 Å². The molecule has 0 saturated carbocycles. The standard InChI is InChI=1S/C22H29N3O3/c1-17-3-5-19(6-4-17)20-9-11-24(12-10-20)21(27)7-8-22(28)25-15-13-23(14-16-25)18(2)26/h3-6,9H,7-8,10-16H2,1-2H3. The van der Waals surface area contributed by atoms with E-state index in [9.17, 15) is 14.4 Å². The minimum atomic E-state index is 0.00412. The van der Waals surface area contributed by atoms with Gasteiger partial charge < -0.3 is 14.7 Å². The predicted molar refractivity (Wildman–Crippen MR) is 108 cm³/mol. The molecule has 0 atom stereocenters. The normalized spacial score (nSPS) is 17.4. The van der Waals surface area contributed by atoms with Crippen molar-refractivity contribution in [1.82, 2.24) is 14.7 Å². The van der Waals surface area contributed by atoms with Gasteiger partial charge in [-0.3, -0.25) is 14.4 Å². The molecule has 3 amide bonds. The van der Waals surface area contributed by atoms with E-state index >= 15 is 0 Å². The molecule has 1 fully saturated rings. The fourth-order valence-corrected chi connectivity index (χ4v) is 3.73. The lowest BCUT2D eigenvalue weighted by Crippen LogP contribution is -2.50. The van der Waals surface area contributed by atoms with Gasteiger partial charge in [-0.05, 0) is 24.5 Å². The highest BCUT2D eigenvalue weighted by Crippen LogP contribution is 2.23. The summed E-state index contributed by atoms with van der Waals surface area (Å²) in [7, 11) is 0. The minimum absolute atomic E-state index is 0.00412. The summed E-state index contributed by atoms with van der Waals surface area (Å²) in [5, 5.41) is 0. The second-order valence-corrected chi connectivity index (χ2v) is 7.57. The molecule has 2 heterocycles. The lowest BCUT2D eigenvalue weighted by molar-refractivity contribution is -0.140. The van der Waals surface area contributed by atoms with Crippen LogP contribution in [-0.4, -0.2) is 71.7 Å². The maximum atomic E-state index is 12.5. The Hall–Kier alpha value is -2.63. The van der Waals surface area contributed by atoms with E-state index in [2.05, 4.69) is 37.3 Å². The number of hydrogen-bond donors (Lipinski definition) is 0. The Bertz CT molecular complexity index is 762. The van der Waals surface area contributed by atoms with Crippen molar-refractivity contribution in [2.24, 2.45) is 0 Å². The number of carbonyl (C=O) groups is 3. The van der Waals surface area contributed by atoms with Crippen molar-refractivity contribution in [1.29, 1.82) is 0 Å². The van der Waals surface area contributed by atoms with Crippen LogP contribution in [0.4, 0.5) is 0 Å². The summed E-state index contributed by atoms with van der Waals surface area (Å²) in [5.41, 5.74) is 3.74. The number of piperazine rings is 1. The van der Waals surface area contributed by atoms with E-state index < -0.39 is 0 Å². The average Bonchev–Trinajstić information content (AvgIpc) is 2.72. The zero-order chi connectivity index (χ0) is 20.1. The van der Waals surface area contributed by atoms with Crippen molar-refractivity contribution in [3.8, 4) is 0 Å². The molecule has 6 nitrogen and oxygen atoms in total. The van der Waals surface area contributed by atoms with Crippen LogP contribution in [0, 0.1) is 6.92 Å². The number of benzene rings is 1. The second kappa shape index (κ2) is 9.04. The summed E-state index contributed by atoms with van der Waals surface area (Å²) in [4.78, 5) is 41.6. The summed E-state index contributed by atoms with van der Waals surface area (Å²) in [6, 6.07) is 8.47. The number of nitrogens with zero attached hydrogens (tertiary/aromatic N) is 3. The quantitative estimate of drug-likeness (QED) is 0.800. The van der Waals surface area contributed by atoms with Crippen LogP contribution in [0.5, 0.6) is 0 Å². The highest BCUT2D eigenvalue weighted by atomic mass is 16.2. The molecule has 0 radical (unpaired) electrons. The summed E-state index contributed by atoms with van der Waals surface area (Å²) >= 11 is 0. The molecule has 0 bridgehead atoms. The zero-order valence-electron chi connectivity index (χ0n) is 16.8. The molecule has 150 valence electrons. The Morgan fingerprint density at radius 2 is 1.39 bits per heavy atom. The first-order valence-electron chi connectivity index (χ1n) is 10.0. The number of carbonyl (C=O) groups excluding carboxylic acids is 3. The van der Waals surface area contributed by atoms with Gasteiger partial charge in [-0.15, -0.1) is 0 Å². The number of hydrogen-bond acceptors (Lipinski definition) is 3. The lowest BCUT2D eigenvalue weighted by Gasteiger charge is -2.34. The van der Waals surface area contributed by atoms with E-state index in [4.69, 9.17) is 0 Å². The average molecular weight is 383 g/mol. The molecule has 1 saturated heterocycles. The first-order chi connectivity index (χ1) is 13.4. The van der Waals surface area contributed by atoms with Crippen LogP contribution in [0.15, 0.2) is 30.3 Å². The highest BCUT2D eigenvalue weighted by Gasteiger charge is 2.24. The molecule has 2 aliphatic rings. The largest absolute Gasteiger partial charge is 0.339 e. The molecule has 1 aromatic carbocycles. The van der Waals surface area contributed by atoms with Gasteiger partial charge >= 0.3 is 0 Å². The maximum Gasteiger partial charge on any atom is 0.223 e. The Labute approximate surface area is 166 Å². The van der Waals surface area contributed by atoms with Crippen molar-refractivity contribution in [2.45, 2.75) is 33.1 Å². The van der Waals surface area contributed by atoms with Gasteiger partial charge in [0.25, 0.3) is 0 Å². The van der Waals surface area contributed by atoms with Crippen LogP contribution in [0.1, 0.15) is 37.3 Å². The van der Waals surface area contributed by atoms with Crippen molar-refractivity contribution >= 4 is 23.3 Å². The molecule has 1 aromatic rings. The van der Waals surface area contributed by atoms with Crippen molar-refractivity contribution in [2.75, 3.05) is 39.3 Å². The van der Waals surface area contributed by atoms with E-state index in [1.54, 1.807) is 16.7 Å². The molecule has 0 unspecified atom stereocenters. The van der Waals surface area contributed by atoms with Gasteiger partial charge in [-0.2, -0.15) is 0 Å². The van der Waals surface area contributed by atoms with E-state index in [1.807, 2.05) is 4.90 Å².